The monoisotopic (exact) mass is 419 g/mol. The lowest BCUT2D eigenvalue weighted by Gasteiger charge is -2.38. The number of aromatic nitrogens is 3. The zero-order valence-electron chi connectivity index (χ0n) is 17.4. The van der Waals surface area contributed by atoms with Crippen LogP contribution in [-0.4, -0.2) is 51.6 Å². The van der Waals surface area contributed by atoms with E-state index in [-0.39, 0.29) is 11.8 Å². The van der Waals surface area contributed by atoms with E-state index in [1.165, 1.54) is 0 Å². The number of hydrogen-bond donors (Lipinski definition) is 1. The van der Waals surface area contributed by atoms with Crippen LogP contribution in [0.3, 0.4) is 0 Å². The standard InChI is InChI=1S/C24H26FN5O/c25-21-14-30(15-21)13-16-1-3-17(4-2-16)24(31)29-23-10-20-9-18(5-6-19(20)11-28-23)22-12-26-7-8-27-22/h5-12,16-17,21H,1-4,13-15H2,(H,28,29,31)/t16-,17-. The van der Waals surface area contributed by atoms with Crippen molar-refractivity contribution in [3.63, 3.8) is 0 Å². The lowest BCUT2D eigenvalue weighted by molar-refractivity contribution is -0.121. The molecule has 0 unspecified atom stereocenters. The largest absolute Gasteiger partial charge is 0.310 e. The van der Waals surface area contributed by atoms with Crippen molar-refractivity contribution in [1.29, 1.82) is 0 Å². The average Bonchev–Trinajstić information content (AvgIpc) is 2.78. The van der Waals surface area contributed by atoms with Gasteiger partial charge < -0.3 is 5.32 Å². The van der Waals surface area contributed by atoms with Crippen LogP contribution in [0.4, 0.5) is 10.2 Å². The molecule has 0 spiro atoms. The van der Waals surface area contributed by atoms with Gasteiger partial charge in [-0.25, -0.2) is 9.37 Å². The van der Waals surface area contributed by atoms with Gasteiger partial charge in [0.1, 0.15) is 12.0 Å². The molecular weight excluding hydrogens is 393 g/mol. The van der Waals surface area contributed by atoms with Crippen LogP contribution in [0.15, 0.2) is 49.1 Å². The molecule has 1 saturated carbocycles. The lowest BCUT2D eigenvalue weighted by atomic mass is 9.81. The van der Waals surface area contributed by atoms with E-state index in [0.717, 1.165) is 54.3 Å². The molecule has 0 radical (unpaired) electrons. The molecule has 1 saturated heterocycles. The zero-order valence-corrected chi connectivity index (χ0v) is 17.4. The van der Waals surface area contributed by atoms with Gasteiger partial charge in [0.2, 0.25) is 5.91 Å². The van der Waals surface area contributed by atoms with Gasteiger partial charge in [0.25, 0.3) is 0 Å². The minimum atomic E-state index is -0.645. The molecule has 1 N–H and O–H groups in total. The summed E-state index contributed by atoms with van der Waals surface area (Å²) < 4.78 is 13.0. The van der Waals surface area contributed by atoms with Crippen molar-refractivity contribution in [2.24, 2.45) is 11.8 Å². The van der Waals surface area contributed by atoms with Gasteiger partial charge in [-0.05, 0) is 49.1 Å². The number of benzene rings is 1. The highest BCUT2D eigenvalue weighted by Gasteiger charge is 2.31. The van der Waals surface area contributed by atoms with Crippen LogP contribution in [0.5, 0.6) is 0 Å². The summed E-state index contributed by atoms with van der Waals surface area (Å²) in [7, 11) is 0. The third-order valence-electron chi connectivity index (χ3n) is 6.48. The molecule has 3 aromatic rings. The lowest BCUT2D eigenvalue weighted by Crippen LogP contribution is -2.50. The number of carbonyl (C=O) groups excluding carboxylic acids is 1. The average molecular weight is 420 g/mol. The maximum Gasteiger partial charge on any atom is 0.228 e. The number of pyridine rings is 1. The highest BCUT2D eigenvalue weighted by molar-refractivity contribution is 5.95. The molecule has 2 fully saturated rings. The van der Waals surface area contributed by atoms with Gasteiger partial charge in [-0.15, -0.1) is 0 Å². The molecule has 0 atom stereocenters. The third kappa shape index (κ3) is 4.56. The van der Waals surface area contributed by atoms with Gasteiger partial charge in [0.05, 0.1) is 11.9 Å². The fourth-order valence-electron chi connectivity index (χ4n) is 4.67. The Bertz CT molecular complexity index is 1060. The number of alkyl halides is 1. The summed E-state index contributed by atoms with van der Waals surface area (Å²) >= 11 is 0. The topological polar surface area (TPSA) is 71.0 Å². The van der Waals surface area contributed by atoms with Crippen LogP contribution in [0.25, 0.3) is 22.0 Å². The smallest absolute Gasteiger partial charge is 0.228 e. The van der Waals surface area contributed by atoms with E-state index in [1.54, 1.807) is 24.8 Å². The first-order valence-electron chi connectivity index (χ1n) is 11.0. The van der Waals surface area contributed by atoms with Crippen LogP contribution in [0.1, 0.15) is 25.7 Å². The van der Waals surface area contributed by atoms with E-state index >= 15 is 0 Å². The van der Waals surface area contributed by atoms with Gasteiger partial charge in [-0.2, -0.15) is 0 Å². The molecule has 1 amide bonds. The Morgan fingerprint density at radius 1 is 1.03 bits per heavy atom. The van der Waals surface area contributed by atoms with Crippen molar-refractivity contribution in [2.45, 2.75) is 31.9 Å². The van der Waals surface area contributed by atoms with Crippen molar-refractivity contribution in [2.75, 3.05) is 25.0 Å². The Hall–Kier alpha value is -2.93. The summed E-state index contributed by atoms with van der Waals surface area (Å²) in [6.07, 6.45) is 10.0. The number of anilines is 1. The van der Waals surface area contributed by atoms with Gasteiger partial charge in [0, 0.05) is 55.1 Å². The van der Waals surface area contributed by atoms with Crippen molar-refractivity contribution in [3.8, 4) is 11.3 Å². The van der Waals surface area contributed by atoms with Crippen LogP contribution in [-0.2, 0) is 4.79 Å². The number of halogens is 1. The quantitative estimate of drug-likeness (QED) is 0.674. The van der Waals surface area contributed by atoms with Gasteiger partial charge in [-0.3, -0.25) is 19.7 Å². The summed E-state index contributed by atoms with van der Waals surface area (Å²) in [4.78, 5) is 27.9. The molecule has 1 aliphatic heterocycles. The van der Waals surface area contributed by atoms with Crippen LogP contribution in [0, 0.1) is 11.8 Å². The van der Waals surface area contributed by atoms with Crippen molar-refractivity contribution < 1.29 is 9.18 Å². The molecule has 3 heterocycles. The number of rotatable bonds is 5. The molecule has 31 heavy (non-hydrogen) atoms. The second kappa shape index (κ2) is 8.67. The van der Waals surface area contributed by atoms with E-state index in [9.17, 15) is 9.18 Å². The molecule has 2 aromatic heterocycles. The Morgan fingerprint density at radius 3 is 2.61 bits per heavy atom. The van der Waals surface area contributed by atoms with E-state index in [2.05, 4.69) is 25.2 Å². The van der Waals surface area contributed by atoms with Crippen molar-refractivity contribution in [3.05, 3.63) is 49.1 Å². The maximum absolute atomic E-state index is 13.0. The highest BCUT2D eigenvalue weighted by atomic mass is 19.1. The second-order valence-corrected chi connectivity index (χ2v) is 8.74. The van der Waals surface area contributed by atoms with Gasteiger partial charge >= 0.3 is 0 Å². The predicted molar refractivity (Wildman–Crippen MR) is 118 cm³/mol. The fraction of sp³-hybridized carbons (Fsp3) is 0.417. The summed E-state index contributed by atoms with van der Waals surface area (Å²) in [6.45, 7) is 2.12. The Kier molecular flexibility index (Phi) is 5.59. The predicted octanol–water partition coefficient (Wildman–Crippen LogP) is 4.09. The molecule has 1 aliphatic carbocycles. The Labute approximate surface area is 180 Å². The summed E-state index contributed by atoms with van der Waals surface area (Å²) in [5.74, 6) is 1.22. The normalized spacial score (nSPS) is 22.2. The Morgan fingerprint density at radius 2 is 1.87 bits per heavy atom. The molecule has 0 bridgehead atoms. The van der Waals surface area contributed by atoms with Gasteiger partial charge in [-0.1, -0.05) is 12.1 Å². The van der Waals surface area contributed by atoms with Crippen LogP contribution >= 0.6 is 0 Å². The van der Waals surface area contributed by atoms with E-state index in [4.69, 9.17) is 0 Å². The third-order valence-corrected chi connectivity index (χ3v) is 6.48. The molecule has 7 heteroatoms. The minimum Gasteiger partial charge on any atom is -0.310 e. The molecule has 1 aromatic carbocycles. The number of amides is 1. The van der Waals surface area contributed by atoms with E-state index in [1.807, 2.05) is 24.3 Å². The maximum atomic E-state index is 13.0. The molecule has 5 rings (SSSR count). The summed E-state index contributed by atoms with van der Waals surface area (Å²) in [6, 6.07) is 7.96. The summed E-state index contributed by atoms with van der Waals surface area (Å²) in [5, 5.41) is 5.01. The second-order valence-electron chi connectivity index (χ2n) is 8.74. The highest BCUT2D eigenvalue weighted by Crippen LogP contribution is 2.31. The molecule has 160 valence electrons. The minimum absolute atomic E-state index is 0.0185. The number of nitrogens with zero attached hydrogens (tertiary/aromatic N) is 4. The number of hydrogen-bond acceptors (Lipinski definition) is 5. The number of likely N-dealkylation sites (tertiary alicyclic amines) is 1. The first-order chi connectivity index (χ1) is 15.1. The molecule has 6 nitrogen and oxygen atoms in total. The van der Waals surface area contributed by atoms with Crippen molar-refractivity contribution in [1.82, 2.24) is 19.9 Å². The fourth-order valence-corrected chi connectivity index (χ4v) is 4.67. The number of carbonyl (C=O) groups is 1. The zero-order chi connectivity index (χ0) is 21.2. The van der Waals surface area contributed by atoms with E-state index < -0.39 is 6.17 Å². The first kappa shape index (κ1) is 20.0. The van der Waals surface area contributed by atoms with E-state index in [0.29, 0.717) is 24.8 Å². The van der Waals surface area contributed by atoms with Gasteiger partial charge in [0.15, 0.2) is 0 Å². The van der Waals surface area contributed by atoms with Crippen molar-refractivity contribution >= 4 is 22.5 Å². The van der Waals surface area contributed by atoms with Crippen LogP contribution < -0.4 is 5.32 Å². The SMILES string of the molecule is O=C(Nc1cc2cc(-c3cnccn3)ccc2cn1)[C@H]1CC[C@H](CN2CC(F)C2)CC1. The first-order valence-corrected chi connectivity index (χ1v) is 11.0. The summed E-state index contributed by atoms with van der Waals surface area (Å²) in [5.41, 5.74) is 1.78. The molecule has 2 aliphatic rings. The number of fused-ring (bicyclic) bond motifs is 1. The number of nitrogens with one attached hydrogen (secondary N) is 1. The van der Waals surface area contributed by atoms with Crippen LogP contribution in [0.2, 0.25) is 0 Å². The molecular formula is C24H26FN5O. The Balaban J connectivity index is 1.21.